The number of aromatic nitrogens is 3. The molecule has 2 heterocycles. The number of hydrogen-bond acceptors (Lipinski definition) is 5. The first-order chi connectivity index (χ1) is 6.79. The van der Waals surface area contributed by atoms with Crippen molar-refractivity contribution in [2.24, 2.45) is 0 Å². The van der Waals surface area contributed by atoms with E-state index >= 15 is 0 Å². The molecular weight excluding hydrogens is 196 g/mol. The summed E-state index contributed by atoms with van der Waals surface area (Å²) in [6, 6.07) is 0. The molecule has 2 rings (SSSR count). The zero-order valence-electron chi connectivity index (χ0n) is 7.98. The van der Waals surface area contributed by atoms with Gasteiger partial charge in [0.05, 0.1) is 9.88 Å². The number of nitrogens with zero attached hydrogens (tertiary/aromatic N) is 3. The molecule has 0 atom stereocenters. The topological polar surface area (TPSA) is 50.7 Å². The van der Waals surface area contributed by atoms with E-state index in [-0.39, 0.29) is 0 Å². The van der Waals surface area contributed by atoms with Crippen molar-refractivity contribution in [3.05, 3.63) is 23.6 Å². The second-order valence-electron chi connectivity index (χ2n) is 2.79. The molecule has 0 unspecified atom stereocenters. The van der Waals surface area contributed by atoms with Crippen LogP contribution in [0.1, 0.15) is 5.01 Å². The molecule has 4 nitrogen and oxygen atoms in total. The highest BCUT2D eigenvalue weighted by Gasteiger charge is 2.02. The molecule has 0 radical (unpaired) electrons. The molecule has 5 heteroatoms. The van der Waals surface area contributed by atoms with Gasteiger partial charge in [-0.3, -0.25) is 0 Å². The third kappa shape index (κ3) is 1.72. The molecule has 0 aromatic carbocycles. The summed E-state index contributed by atoms with van der Waals surface area (Å²) in [5.41, 5.74) is 1.01. The van der Waals surface area contributed by atoms with Crippen LogP contribution < -0.4 is 5.32 Å². The Morgan fingerprint density at radius 1 is 1.14 bits per heavy atom. The SMILES string of the molecule is CNc1ncc(-c2cnc(C)s2)cn1. The van der Waals surface area contributed by atoms with Gasteiger partial charge in [0.15, 0.2) is 0 Å². The fraction of sp³-hybridized carbons (Fsp3) is 0.222. The molecule has 72 valence electrons. The van der Waals surface area contributed by atoms with Crippen LogP contribution in [0.15, 0.2) is 18.6 Å². The first kappa shape index (κ1) is 9.08. The minimum absolute atomic E-state index is 0.634. The summed E-state index contributed by atoms with van der Waals surface area (Å²) in [7, 11) is 1.80. The normalized spacial score (nSPS) is 10.1. The highest BCUT2D eigenvalue weighted by Crippen LogP contribution is 2.24. The van der Waals surface area contributed by atoms with E-state index < -0.39 is 0 Å². The Kier molecular flexibility index (Phi) is 2.41. The number of hydrogen-bond donors (Lipinski definition) is 1. The minimum Gasteiger partial charge on any atom is -0.357 e. The monoisotopic (exact) mass is 206 g/mol. The maximum absolute atomic E-state index is 4.18. The highest BCUT2D eigenvalue weighted by atomic mass is 32.1. The maximum Gasteiger partial charge on any atom is 0.222 e. The second kappa shape index (κ2) is 3.71. The van der Waals surface area contributed by atoms with Crippen LogP contribution in [-0.2, 0) is 0 Å². The van der Waals surface area contributed by atoms with Crippen LogP contribution in [0.3, 0.4) is 0 Å². The first-order valence-electron chi connectivity index (χ1n) is 4.22. The molecule has 0 aliphatic heterocycles. The number of anilines is 1. The van der Waals surface area contributed by atoms with Crippen molar-refractivity contribution in [2.45, 2.75) is 6.92 Å². The van der Waals surface area contributed by atoms with Crippen molar-refractivity contribution in [3.8, 4) is 10.4 Å². The molecule has 0 saturated heterocycles. The Labute approximate surface area is 86.1 Å². The summed E-state index contributed by atoms with van der Waals surface area (Å²) in [6.07, 6.45) is 5.44. The van der Waals surface area contributed by atoms with E-state index in [0.29, 0.717) is 5.95 Å². The molecule has 2 aromatic rings. The fourth-order valence-electron chi connectivity index (χ4n) is 1.08. The number of thiazole rings is 1. The molecule has 2 aromatic heterocycles. The lowest BCUT2D eigenvalue weighted by atomic mass is 10.3. The Morgan fingerprint density at radius 2 is 1.86 bits per heavy atom. The van der Waals surface area contributed by atoms with Gasteiger partial charge >= 0.3 is 0 Å². The van der Waals surface area contributed by atoms with Gasteiger partial charge in [0.25, 0.3) is 0 Å². The van der Waals surface area contributed by atoms with E-state index in [9.17, 15) is 0 Å². The van der Waals surface area contributed by atoms with Gasteiger partial charge in [-0.15, -0.1) is 11.3 Å². The van der Waals surface area contributed by atoms with Crippen molar-refractivity contribution >= 4 is 17.3 Å². The van der Waals surface area contributed by atoms with Crippen LogP contribution >= 0.6 is 11.3 Å². The molecule has 0 aliphatic rings. The molecule has 0 fully saturated rings. The Hall–Kier alpha value is -1.49. The summed E-state index contributed by atoms with van der Waals surface area (Å²) in [5, 5.41) is 3.93. The lowest BCUT2D eigenvalue weighted by Gasteiger charge is -1.98. The summed E-state index contributed by atoms with van der Waals surface area (Å²) in [5.74, 6) is 0.634. The summed E-state index contributed by atoms with van der Waals surface area (Å²) < 4.78 is 0. The van der Waals surface area contributed by atoms with Gasteiger partial charge in [-0.05, 0) is 6.92 Å². The van der Waals surface area contributed by atoms with Crippen LogP contribution in [0.5, 0.6) is 0 Å². The lowest BCUT2D eigenvalue weighted by Crippen LogP contribution is -1.94. The molecule has 0 amide bonds. The molecular formula is C9H10N4S. The predicted octanol–water partition coefficient (Wildman–Crippen LogP) is 1.95. The maximum atomic E-state index is 4.18. The van der Waals surface area contributed by atoms with Crippen LogP contribution in [0.25, 0.3) is 10.4 Å². The number of nitrogens with one attached hydrogen (secondary N) is 1. The van der Waals surface area contributed by atoms with Gasteiger partial charge < -0.3 is 5.32 Å². The van der Waals surface area contributed by atoms with Crippen molar-refractivity contribution in [1.29, 1.82) is 0 Å². The molecule has 14 heavy (non-hydrogen) atoms. The second-order valence-corrected chi connectivity index (χ2v) is 4.02. The average Bonchev–Trinajstić information content (AvgIpc) is 2.65. The molecule has 1 N–H and O–H groups in total. The zero-order valence-corrected chi connectivity index (χ0v) is 8.80. The molecule has 0 saturated carbocycles. The van der Waals surface area contributed by atoms with E-state index in [4.69, 9.17) is 0 Å². The molecule has 0 bridgehead atoms. The van der Waals surface area contributed by atoms with Gasteiger partial charge in [-0.25, -0.2) is 15.0 Å². The number of rotatable bonds is 2. The van der Waals surface area contributed by atoms with Crippen LogP contribution in [0.4, 0.5) is 5.95 Å². The van der Waals surface area contributed by atoms with Crippen molar-refractivity contribution in [1.82, 2.24) is 15.0 Å². The van der Waals surface area contributed by atoms with E-state index in [0.717, 1.165) is 15.4 Å². The Balaban J connectivity index is 2.33. The summed E-state index contributed by atoms with van der Waals surface area (Å²) >= 11 is 1.64. The van der Waals surface area contributed by atoms with Crippen LogP contribution in [0.2, 0.25) is 0 Å². The van der Waals surface area contributed by atoms with Crippen molar-refractivity contribution in [2.75, 3.05) is 12.4 Å². The third-order valence-electron chi connectivity index (χ3n) is 1.78. The van der Waals surface area contributed by atoms with Gasteiger partial charge in [-0.2, -0.15) is 0 Å². The third-order valence-corrected chi connectivity index (χ3v) is 2.74. The van der Waals surface area contributed by atoms with E-state index in [1.54, 1.807) is 30.8 Å². The smallest absolute Gasteiger partial charge is 0.222 e. The lowest BCUT2D eigenvalue weighted by molar-refractivity contribution is 1.15. The van der Waals surface area contributed by atoms with E-state index in [1.165, 1.54) is 0 Å². The first-order valence-corrected chi connectivity index (χ1v) is 5.04. The summed E-state index contributed by atoms with van der Waals surface area (Å²) in [4.78, 5) is 13.6. The standard InChI is InChI=1S/C9H10N4S/c1-6-11-5-8(14-6)7-3-12-9(10-2)13-4-7/h3-5H,1-2H3,(H,10,12,13). The minimum atomic E-state index is 0.634. The van der Waals surface area contributed by atoms with Crippen molar-refractivity contribution < 1.29 is 0 Å². The largest absolute Gasteiger partial charge is 0.357 e. The van der Waals surface area contributed by atoms with Gasteiger partial charge in [-0.1, -0.05) is 0 Å². The van der Waals surface area contributed by atoms with Gasteiger partial charge in [0.1, 0.15) is 0 Å². The van der Waals surface area contributed by atoms with Gasteiger partial charge in [0, 0.05) is 31.2 Å². The highest BCUT2D eigenvalue weighted by molar-refractivity contribution is 7.15. The molecule has 0 spiro atoms. The van der Waals surface area contributed by atoms with Crippen LogP contribution in [-0.4, -0.2) is 22.0 Å². The average molecular weight is 206 g/mol. The van der Waals surface area contributed by atoms with E-state index in [1.807, 2.05) is 13.1 Å². The quantitative estimate of drug-likeness (QED) is 0.816. The van der Waals surface area contributed by atoms with Crippen LogP contribution in [0, 0.1) is 6.92 Å². The number of aryl methyl sites for hydroxylation is 1. The van der Waals surface area contributed by atoms with E-state index in [2.05, 4.69) is 20.3 Å². The Bertz CT molecular complexity index is 421. The summed E-state index contributed by atoms with van der Waals surface area (Å²) in [6.45, 7) is 1.98. The molecule has 0 aliphatic carbocycles. The Morgan fingerprint density at radius 3 is 2.36 bits per heavy atom. The van der Waals surface area contributed by atoms with Gasteiger partial charge in [0.2, 0.25) is 5.95 Å². The predicted molar refractivity (Wildman–Crippen MR) is 57.4 cm³/mol. The van der Waals surface area contributed by atoms with Crippen molar-refractivity contribution in [3.63, 3.8) is 0 Å². The fourth-order valence-corrected chi connectivity index (χ4v) is 1.83. The zero-order chi connectivity index (χ0) is 9.97.